The molecule has 0 atom stereocenters. The van der Waals surface area contributed by atoms with Gasteiger partial charge in [-0.05, 0) is 12.1 Å². The van der Waals surface area contributed by atoms with Crippen LogP contribution >= 0.6 is 11.6 Å². The molecule has 110 valence electrons. The highest BCUT2D eigenvalue weighted by atomic mass is 35.5. The number of benzene rings is 1. The standard InChI is InChI=1S/C15H18ClFO3/c1-18-8-9-19-10-11-20-15-12-14(17)6-5-13(15)4-2-3-7-16/h5-6,12H,3,7-11H2,1H3. The van der Waals surface area contributed by atoms with Gasteiger partial charge in [0.25, 0.3) is 0 Å². The zero-order valence-corrected chi connectivity index (χ0v) is 12.2. The fraction of sp³-hybridized carbons (Fsp3) is 0.467. The summed E-state index contributed by atoms with van der Waals surface area (Å²) in [6.45, 7) is 1.78. The Balaban J connectivity index is 2.50. The summed E-state index contributed by atoms with van der Waals surface area (Å²) in [5, 5.41) is 0. The summed E-state index contributed by atoms with van der Waals surface area (Å²) in [6.07, 6.45) is 0.582. The zero-order chi connectivity index (χ0) is 14.6. The summed E-state index contributed by atoms with van der Waals surface area (Å²) in [5.74, 6) is 6.34. The Morgan fingerprint density at radius 1 is 1.20 bits per heavy atom. The predicted molar refractivity (Wildman–Crippen MR) is 76.8 cm³/mol. The molecule has 0 saturated carbocycles. The van der Waals surface area contributed by atoms with Gasteiger partial charge in [-0.3, -0.25) is 0 Å². The van der Waals surface area contributed by atoms with E-state index in [2.05, 4.69) is 11.8 Å². The highest BCUT2D eigenvalue weighted by molar-refractivity contribution is 6.18. The summed E-state index contributed by atoms with van der Waals surface area (Å²) in [6, 6.07) is 4.27. The molecule has 20 heavy (non-hydrogen) atoms. The first-order valence-electron chi connectivity index (χ1n) is 6.31. The minimum atomic E-state index is -0.358. The second kappa shape index (κ2) is 10.5. The van der Waals surface area contributed by atoms with Crippen molar-refractivity contribution in [1.82, 2.24) is 0 Å². The van der Waals surface area contributed by atoms with Crippen molar-refractivity contribution in [3.05, 3.63) is 29.6 Å². The van der Waals surface area contributed by atoms with E-state index in [-0.39, 0.29) is 5.82 Å². The average molecular weight is 301 g/mol. The van der Waals surface area contributed by atoms with E-state index in [1.54, 1.807) is 13.2 Å². The van der Waals surface area contributed by atoms with Gasteiger partial charge in [0.05, 0.1) is 25.4 Å². The average Bonchev–Trinajstić information content (AvgIpc) is 2.45. The van der Waals surface area contributed by atoms with E-state index < -0.39 is 0 Å². The first-order chi connectivity index (χ1) is 9.77. The lowest BCUT2D eigenvalue weighted by Gasteiger charge is -2.09. The first kappa shape index (κ1) is 16.8. The molecule has 0 amide bonds. The van der Waals surface area contributed by atoms with Crippen molar-refractivity contribution in [3.8, 4) is 17.6 Å². The van der Waals surface area contributed by atoms with Crippen molar-refractivity contribution >= 4 is 11.6 Å². The predicted octanol–water partition coefficient (Wildman–Crippen LogP) is 2.85. The van der Waals surface area contributed by atoms with Crippen LogP contribution in [-0.2, 0) is 9.47 Å². The minimum Gasteiger partial charge on any atom is -0.490 e. The molecular weight excluding hydrogens is 283 g/mol. The maximum atomic E-state index is 13.2. The number of methoxy groups -OCH3 is 1. The fourth-order valence-electron chi connectivity index (χ4n) is 1.38. The third-order valence-corrected chi connectivity index (χ3v) is 2.49. The molecule has 0 bridgehead atoms. The van der Waals surface area contributed by atoms with Crippen LogP contribution in [0.25, 0.3) is 0 Å². The molecule has 0 spiro atoms. The highest BCUT2D eigenvalue weighted by Gasteiger charge is 2.03. The lowest BCUT2D eigenvalue weighted by Crippen LogP contribution is -2.10. The highest BCUT2D eigenvalue weighted by Crippen LogP contribution is 2.19. The summed E-state index contributed by atoms with van der Waals surface area (Å²) < 4.78 is 28.8. The summed E-state index contributed by atoms with van der Waals surface area (Å²) in [7, 11) is 1.61. The molecule has 0 aliphatic heterocycles. The van der Waals surface area contributed by atoms with Crippen LogP contribution in [0.1, 0.15) is 12.0 Å². The Hall–Kier alpha value is -1.28. The van der Waals surface area contributed by atoms with E-state index in [4.69, 9.17) is 25.8 Å². The lowest BCUT2D eigenvalue weighted by molar-refractivity contribution is 0.0543. The second-order valence-corrected chi connectivity index (χ2v) is 4.21. The third kappa shape index (κ3) is 6.76. The van der Waals surface area contributed by atoms with Crippen LogP contribution in [0.4, 0.5) is 4.39 Å². The van der Waals surface area contributed by atoms with Gasteiger partial charge in [-0.25, -0.2) is 4.39 Å². The molecule has 0 aromatic heterocycles. The fourth-order valence-corrected chi connectivity index (χ4v) is 1.47. The van der Waals surface area contributed by atoms with Crippen molar-refractivity contribution in [3.63, 3.8) is 0 Å². The van der Waals surface area contributed by atoms with Crippen LogP contribution in [0.5, 0.6) is 5.75 Å². The van der Waals surface area contributed by atoms with Gasteiger partial charge in [0.15, 0.2) is 0 Å². The van der Waals surface area contributed by atoms with Crippen LogP contribution in [0.3, 0.4) is 0 Å². The van der Waals surface area contributed by atoms with E-state index in [0.717, 1.165) is 0 Å². The van der Waals surface area contributed by atoms with Gasteiger partial charge in [-0.1, -0.05) is 11.8 Å². The van der Waals surface area contributed by atoms with E-state index in [1.807, 2.05) is 0 Å². The molecular formula is C15H18ClFO3. The van der Waals surface area contributed by atoms with Gasteiger partial charge in [0.1, 0.15) is 18.2 Å². The molecule has 0 aliphatic carbocycles. The Bertz CT molecular complexity index is 454. The largest absolute Gasteiger partial charge is 0.490 e. The zero-order valence-electron chi connectivity index (χ0n) is 11.5. The Morgan fingerprint density at radius 2 is 2.00 bits per heavy atom. The molecule has 1 aromatic rings. The Labute approximate surface area is 124 Å². The Morgan fingerprint density at radius 3 is 2.75 bits per heavy atom. The van der Waals surface area contributed by atoms with E-state index in [9.17, 15) is 4.39 Å². The van der Waals surface area contributed by atoms with E-state index in [0.29, 0.717) is 50.0 Å². The number of alkyl halides is 1. The number of halogens is 2. The summed E-state index contributed by atoms with van der Waals surface area (Å²) in [4.78, 5) is 0. The van der Waals surface area contributed by atoms with Gasteiger partial charge in [-0.15, -0.1) is 11.6 Å². The molecule has 1 aromatic carbocycles. The van der Waals surface area contributed by atoms with Crippen LogP contribution in [0.15, 0.2) is 18.2 Å². The van der Waals surface area contributed by atoms with Gasteiger partial charge in [0.2, 0.25) is 0 Å². The molecule has 5 heteroatoms. The van der Waals surface area contributed by atoms with Crippen molar-refractivity contribution in [2.24, 2.45) is 0 Å². The van der Waals surface area contributed by atoms with Gasteiger partial charge < -0.3 is 14.2 Å². The van der Waals surface area contributed by atoms with Crippen molar-refractivity contribution in [1.29, 1.82) is 0 Å². The molecule has 0 aliphatic rings. The minimum absolute atomic E-state index is 0.331. The monoisotopic (exact) mass is 300 g/mol. The lowest BCUT2D eigenvalue weighted by atomic mass is 10.2. The number of hydrogen-bond donors (Lipinski definition) is 0. The van der Waals surface area contributed by atoms with Crippen LogP contribution < -0.4 is 4.74 Å². The number of rotatable bonds is 8. The maximum absolute atomic E-state index is 13.2. The van der Waals surface area contributed by atoms with Gasteiger partial charge in [0, 0.05) is 25.5 Å². The van der Waals surface area contributed by atoms with Crippen molar-refractivity contribution in [2.45, 2.75) is 6.42 Å². The summed E-state index contributed by atoms with van der Waals surface area (Å²) >= 11 is 5.56. The molecule has 0 heterocycles. The molecule has 0 radical (unpaired) electrons. The molecule has 0 N–H and O–H groups in total. The number of ether oxygens (including phenoxy) is 3. The molecule has 0 unspecified atom stereocenters. The number of hydrogen-bond acceptors (Lipinski definition) is 3. The summed E-state index contributed by atoms with van der Waals surface area (Å²) in [5.41, 5.74) is 0.647. The first-order valence-corrected chi connectivity index (χ1v) is 6.85. The van der Waals surface area contributed by atoms with Crippen LogP contribution in [0.2, 0.25) is 0 Å². The van der Waals surface area contributed by atoms with Gasteiger partial charge in [-0.2, -0.15) is 0 Å². The topological polar surface area (TPSA) is 27.7 Å². The van der Waals surface area contributed by atoms with E-state index >= 15 is 0 Å². The molecule has 1 rings (SSSR count). The van der Waals surface area contributed by atoms with Crippen LogP contribution in [0, 0.1) is 17.7 Å². The maximum Gasteiger partial charge on any atom is 0.137 e. The molecule has 0 fully saturated rings. The van der Waals surface area contributed by atoms with Gasteiger partial charge >= 0.3 is 0 Å². The van der Waals surface area contributed by atoms with Crippen molar-refractivity contribution < 1.29 is 18.6 Å². The van der Waals surface area contributed by atoms with E-state index in [1.165, 1.54) is 12.1 Å². The molecule has 3 nitrogen and oxygen atoms in total. The third-order valence-electron chi connectivity index (χ3n) is 2.30. The SMILES string of the molecule is COCCOCCOc1cc(F)ccc1C#CCCCl. The molecule has 0 saturated heterocycles. The smallest absolute Gasteiger partial charge is 0.137 e. The second-order valence-electron chi connectivity index (χ2n) is 3.83. The quantitative estimate of drug-likeness (QED) is 0.420. The van der Waals surface area contributed by atoms with Crippen LogP contribution in [-0.4, -0.2) is 39.4 Å². The normalized spacial score (nSPS) is 9.95. The van der Waals surface area contributed by atoms with Crippen molar-refractivity contribution in [2.75, 3.05) is 39.4 Å². The Kier molecular flexibility index (Phi) is 8.81.